The molecule has 0 heterocycles. The Bertz CT molecular complexity index is 134. The molecule has 3 heteroatoms. The van der Waals surface area contributed by atoms with Gasteiger partial charge in [0.2, 0.25) is 0 Å². The molecule has 0 aromatic heterocycles. The molecule has 1 N–H and O–H groups in total. The van der Waals surface area contributed by atoms with Crippen LogP contribution in [-0.4, -0.2) is 23.8 Å². The fourth-order valence-corrected chi connectivity index (χ4v) is 1.08. The van der Waals surface area contributed by atoms with Crippen molar-refractivity contribution in [2.45, 2.75) is 52.1 Å². The van der Waals surface area contributed by atoms with Crippen molar-refractivity contribution < 1.29 is 14.6 Å². The number of aliphatic hydroxyl groups is 1. The van der Waals surface area contributed by atoms with Gasteiger partial charge in [-0.2, -0.15) is 0 Å². The summed E-state index contributed by atoms with van der Waals surface area (Å²) in [5, 5.41) is 9.22. The maximum Gasteiger partial charge on any atom is 0.302 e. The highest BCUT2D eigenvalue weighted by Crippen LogP contribution is 2.05. The summed E-state index contributed by atoms with van der Waals surface area (Å²) in [6.45, 7) is 3.90. The van der Waals surface area contributed by atoms with Gasteiger partial charge in [0, 0.05) is 6.92 Å². The van der Waals surface area contributed by atoms with Crippen molar-refractivity contribution in [3.05, 3.63) is 0 Å². The molecule has 1 atom stereocenters. The van der Waals surface area contributed by atoms with Gasteiger partial charge < -0.3 is 9.84 Å². The predicted octanol–water partition coefficient (Wildman–Crippen LogP) is 1.88. The zero-order valence-electron chi connectivity index (χ0n) is 8.58. The Morgan fingerprint density at radius 3 is 2.62 bits per heavy atom. The van der Waals surface area contributed by atoms with E-state index in [0.29, 0.717) is 6.61 Å². The molecule has 0 spiro atoms. The van der Waals surface area contributed by atoms with E-state index in [4.69, 9.17) is 4.74 Å². The number of hydrogen-bond acceptors (Lipinski definition) is 3. The summed E-state index contributed by atoms with van der Waals surface area (Å²) in [4.78, 5) is 10.4. The normalized spacial score (nSPS) is 12.5. The SMILES string of the molecule is CCC(O)CCCCCOC(C)=O. The number of aliphatic hydroxyl groups excluding tert-OH is 1. The lowest BCUT2D eigenvalue weighted by molar-refractivity contribution is -0.141. The molecule has 0 aliphatic carbocycles. The van der Waals surface area contributed by atoms with Gasteiger partial charge in [-0.1, -0.05) is 13.3 Å². The topological polar surface area (TPSA) is 46.5 Å². The minimum Gasteiger partial charge on any atom is -0.466 e. The van der Waals surface area contributed by atoms with Crippen LogP contribution in [0.4, 0.5) is 0 Å². The van der Waals surface area contributed by atoms with Crippen LogP contribution in [0.25, 0.3) is 0 Å². The van der Waals surface area contributed by atoms with E-state index >= 15 is 0 Å². The first-order valence-corrected chi connectivity index (χ1v) is 4.98. The first-order chi connectivity index (χ1) is 6.16. The van der Waals surface area contributed by atoms with E-state index in [0.717, 1.165) is 32.1 Å². The second-order valence-electron chi connectivity index (χ2n) is 3.25. The van der Waals surface area contributed by atoms with E-state index in [1.54, 1.807) is 0 Å². The lowest BCUT2D eigenvalue weighted by Crippen LogP contribution is -2.04. The smallest absolute Gasteiger partial charge is 0.302 e. The van der Waals surface area contributed by atoms with Crippen LogP contribution in [0.2, 0.25) is 0 Å². The highest BCUT2D eigenvalue weighted by molar-refractivity contribution is 5.65. The van der Waals surface area contributed by atoms with Crippen LogP contribution in [0.15, 0.2) is 0 Å². The van der Waals surface area contributed by atoms with Gasteiger partial charge in [-0.3, -0.25) is 4.79 Å². The summed E-state index contributed by atoms with van der Waals surface area (Å²) < 4.78 is 4.77. The van der Waals surface area contributed by atoms with Crippen LogP contribution in [0, 0.1) is 0 Å². The van der Waals surface area contributed by atoms with Crippen LogP contribution in [0.5, 0.6) is 0 Å². The molecule has 0 fully saturated rings. The predicted molar refractivity (Wildman–Crippen MR) is 51.4 cm³/mol. The standard InChI is InChI=1S/C10H20O3/c1-3-10(12)7-5-4-6-8-13-9(2)11/h10,12H,3-8H2,1-2H3. The van der Waals surface area contributed by atoms with Crippen molar-refractivity contribution in [1.29, 1.82) is 0 Å². The first-order valence-electron chi connectivity index (χ1n) is 4.98. The van der Waals surface area contributed by atoms with Gasteiger partial charge in [0.05, 0.1) is 12.7 Å². The minimum absolute atomic E-state index is 0.159. The lowest BCUT2D eigenvalue weighted by atomic mass is 10.1. The quantitative estimate of drug-likeness (QED) is 0.490. The van der Waals surface area contributed by atoms with E-state index < -0.39 is 0 Å². The number of ether oxygens (including phenoxy) is 1. The molecular weight excluding hydrogens is 168 g/mol. The summed E-state index contributed by atoms with van der Waals surface area (Å²) >= 11 is 0. The molecule has 1 unspecified atom stereocenters. The van der Waals surface area contributed by atoms with Gasteiger partial charge in [-0.25, -0.2) is 0 Å². The molecule has 0 bridgehead atoms. The first kappa shape index (κ1) is 12.4. The van der Waals surface area contributed by atoms with Crippen molar-refractivity contribution in [1.82, 2.24) is 0 Å². The van der Waals surface area contributed by atoms with Gasteiger partial charge in [0.15, 0.2) is 0 Å². The van der Waals surface area contributed by atoms with E-state index in [9.17, 15) is 9.90 Å². The Kier molecular flexibility index (Phi) is 7.69. The average molecular weight is 188 g/mol. The summed E-state index contributed by atoms with van der Waals surface area (Å²) in [5.74, 6) is -0.214. The molecule has 0 aliphatic rings. The average Bonchev–Trinajstić information content (AvgIpc) is 2.10. The molecule has 0 rings (SSSR count). The molecule has 0 radical (unpaired) electrons. The second kappa shape index (κ2) is 8.05. The molecule has 0 amide bonds. The summed E-state index contributed by atoms with van der Waals surface area (Å²) in [6.07, 6.45) is 4.45. The third-order valence-corrected chi connectivity index (χ3v) is 1.96. The Hall–Kier alpha value is -0.570. The monoisotopic (exact) mass is 188 g/mol. The molecule has 0 aromatic rings. The van der Waals surface area contributed by atoms with Gasteiger partial charge >= 0.3 is 5.97 Å². The Labute approximate surface area is 80.1 Å². The number of carbonyl (C=O) groups is 1. The largest absolute Gasteiger partial charge is 0.466 e. The fourth-order valence-electron chi connectivity index (χ4n) is 1.08. The van der Waals surface area contributed by atoms with E-state index in [2.05, 4.69) is 0 Å². The van der Waals surface area contributed by atoms with Crippen molar-refractivity contribution in [2.75, 3.05) is 6.61 Å². The van der Waals surface area contributed by atoms with Gasteiger partial charge in [0.1, 0.15) is 0 Å². The minimum atomic E-state index is -0.214. The maximum absolute atomic E-state index is 10.4. The maximum atomic E-state index is 10.4. The van der Waals surface area contributed by atoms with Crippen LogP contribution in [-0.2, 0) is 9.53 Å². The molecule has 78 valence electrons. The zero-order chi connectivity index (χ0) is 10.1. The van der Waals surface area contributed by atoms with Crippen molar-refractivity contribution in [3.63, 3.8) is 0 Å². The van der Waals surface area contributed by atoms with Crippen molar-refractivity contribution >= 4 is 5.97 Å². The van der Waals surface area contributed by atoms with Crippen LogP contribution >= 0.6 is 0 Å². The molecular formula is C10H20O3. The molecule has 13 heavy (non-hydrogen) atoms. The summed E-state index contributed by atoms with van der Waals surface area (Å²) in [7, 11) is 0. The highest BCUT2D eigenvalue weighted by atomic mass is 16.5. The molecule has 0 aromatic carbocycles. The molecule has 0 aliphatic heterocycles. The second-order valence-corrected chi connectivity index (χ2v) is 3.25. The molecule has 0 saturated heterocycles. The Morgan fingerprint density at radius 1 is 1.38 bits per heavy atom. The third kappa shape index (κ3) is 9.34. The van der Waals surface area contributed by atoms with E-state index in [1.807, 2.05) is 6.92 Å². The number of unbranched alkanes of at least 4 members (excludes halogenated alkanes) is 2. The van der Waals surface area contributed by atoms with E-state index in [1.165, 1.54) is 6.92 Å². The van der Waals surface area contributed by atoms with E-state index in [-0.39, 0.29) is 12.1 Å². The van der Waals surface area contributed by atoms with Crippen LogP contribution in [0.3, 0.4) is 0 Å². The van der Waals surface area contributed by atoms with Gasteiger partial charge in [0.25, 0.3) is 0 Å². The summed E-state index contributed by atoms with van der Waals surface area (Å²) in [6, 6.07) is 0. The number of esters is 1. The van der Waals surface area contributed by atoms with Crippen LogP contribution < -0.4 is 0 Å². The van der Waals surface area contributed by atoms with Gasteiger partial charge in [-0.05, 0) is 25.7 Å². The number of carbonyl (C=O) groups excluding carboxylic acids is 1. The highest BCUT2D eigenvalue weighted by Gasteiger charge is 1.99. The lowest BCUT2D eigenvalue weighted by Gasteiger charge is -2.06. The number of hydrogen-bond donors (Lipinski definition) is 1. The van der Waals surface area contributed by atoms with Gasteiger partial charge in [-0.15, -0.1) is 0 Å². The fraction of sp³-hybridized carbons (Fsp3) is 0.900. The van der Waals surface area contributed by atoms with Crippen molar-refractivity contribution in [2.24, 2.45) is 0 Å². The zero-order valence-corrected chi connectivity index (χ0v) is 8.58. The molecule has 3 nitrogen and oxygen atoms in total. The van der Waals surface area contributed by atoms with Crippen molar-refractivity contribution in [3.8, 4) is 0 Å². The Morgan fingerprint density at radius 2 is 2.08 bits per heavy atom. The van der Waals surface area contributed by atoms with Crippen LogP contribution in [0.1, 0.15) is 46.0 Å². The Balaban J connectivity index is 3.04. The third-order valence-electron chi connectivity index (χ3n) is 1.96. The number of rotatable bonds is 7. The summed E-state index contributed by atoms with van der Waals surface area (Å²) in [5.41, 5.74) is 0. The molecule has 0 saturated carbocycles.